The maximum Gasteiger partial charge on any atom is 0.417 e. The minimum atomic E-state index is -4.46. The van der Waals surface area contributed by atoms with Gasteiger partial charge in [0.05, 0.1) is 17.6 Å². The van der Waals surface area contributed by atoms with Crippen LogP contribution in [0.15, 0.2) is 71.8 Å². The Morgan fingerprint density at radius 2 is 1.56 bits per heavy atom. The van der Waals surface area contributed by atoms with Crippen LogP contribution in [0.4, 0.5) is 13.2 Å². The summed E-state index contributed by atoms with van der Waals surface area (Å²) in [6.07, 6.45) is -3.74. The highest BCUT2D eigenvalue weighted by atomic mass is 32.2. The monoisotopic (exact) mass is 522 g/mol. The first-order valence-electron chi connectivity index (χ1n) is 10.9. The van der Waals surface area contributed by atoms with E-state index in [1.807, 2.05) is 12.1 Å². The zero-order valence-electron chi connectivity index (χ0n) is 19.7. The largest absolute Gasteiger partial charge is 0.473 e. The number of hydrogen-bond donors (Lipinski definition) is 1. The smallest absolute Gasteiger partial charge is 0.417 e. The van der Waals surface area contributed by atoms with Gasteiger partial charge in [0.25, 0.3) is 0 Å². The fourth-order valence-electron chi connectivity index (χ4n) is 3.23. The Labute approximate surface area is 207 Å². The molecule has 0 spiro atoms. The van der Waals surface area contributed by atoms with Crippen LogP contribution in [0.1, 0.15) is 25.0 Å². The molecule has 1 atom stereocenters. The Morgan fingerprint density at radius 3 is 2.03 bits per heavy atom. The minimum Gasteiger partial charge on any atom is -0.473 e. The highest BCUT2D eigenvalue weighted by Gasteiger charge is 2.31. The number of esters is 1. The molecule has 0 fully saturated rings. The van der Waals surface area contributed by atoms with E-state index in [2.05, 4.69) is 14.4 Å². The second kappa shape index (κ2) is 11.1. The first kappa shape index (κ1) is 27.2. The summed E-state index contributed by atoms with van der Waals surface area (Å²) in [6.45, 7) is 3.53. The van der Waals surface area contributed by atoms with Crippen LogP contribution in [0.2, 0.25) is 0 Å². The van der Waals surface area contributed by atoms with Crippen LogP contribution in [-0.2, 0) is 32.3 Å². The van der Waals surface area contributed by atoms with Crippen molar-refractivity contribution in [3.05, 3.63) is 78.0 Å². The molecule has 1 heterocycles. The van der Waals surface area contributed by atoms with E-state index in [-0.39, 0.29) is 23.3 Å². The van der Waals surface area contributed by atoms with Gasteiger partial charge in [-0.15, -0.1) is 0 Å². The van der Waals surface area contributed by atoms with E-state index in [1.165, 1.54) is 19.2 Å². The van der Waals surface area contributed by atoms with Crippen LogP contribution >= 0.6 is 0 Å². The van der Waals surface area contributed by atoms with Gasteiger partial charge in [-0.3, -0.25) is 4.79 Å². The van der Waals surface area contributed by atoms with Crippen molar-refractivity contribution in [2.24, 2.45) is 5.92 Å². The van der Waals surface area contributed by atoms with Gasteiger partial charge in [-0.25, -0.2) is 13.4 Å². The fraction of sp³-hybridized carbons (Fsp3) is 0.280. The van der Waals surface area contributed by atoms with Crippen LogP contribution in [0, 0.1) is 5.92 Å². The molecule has 11 heteroatoms. The van der Waals surface area contributed by atoms with Crippen LogP contribution in [0.5, 0.6) is 5.88 Å². The summed E-state index contributed by atoms with van der Waals surface area (Å²) < 4.78 is 75.8. The van der Waals surface area contributed by atoms with Gasteiger partial charge in [-0.05, 0) is 40.8 Å². The number of aromatic nitrogens is 1. The molecule has 1 unspecified atom stereocenters. The average molecular weight is 523 g/mol. The van der Waals surface area contributed by atoms with Crippen molar-refractivity contribution in [3.8, 4) is 17.0 Å². The summed E-state index contributed by atoms with van der Waals surface area (Å²) in [4.78, 5) is 15.6. The highest BCUT2D eigenvalue weighted by molar-refractivity contribution is 7.89. The molecule has 1 N–H and O–H groups in total. The molecule has 0 aliphatic rings. The lowest BCUT2D eigenvalue weighted by Crippen LogP contribution is -2.44. The molecular weight excluding hydrogens is 497 g/mol. The van der Waals surface area contributed by atoms with Crippen molar-refractivity contribution in [2.45, 2.75) is 37.6 Å². The molecule has 0 saturated heterocycles. The summed E-state index contributed by atoms with van der Waals surface area (Å²) >= 11 is 0. The second-order valence-electron chi connectivity index (χ2n) is 8.26. The number of rotatable bonds is 9. The number of carbonyl (C=O) groups excluding carboxylic acids is 1. The quantitative estimate of drug-likeness (QED) is 0.405. The first-order valence-corrected chi connectivity index (χ1v) is 12.3. The molecule has 0 radical (unpaired) electrons. The van der Waals surface area contributed by atoms with Crippen LogP contribution in [0.3, 0.4) is 0 Å². The third kappa shape index (κ3) is 6.82. The summed E-state index contributed by atoms with van der Waals surface area (Å²) in [5.74, 6) is -0.892. The number of carbonyl (C=O) groups is 1. The fourth-order valence-corrected chi connectivity index (χ4v) is 4.56. The third-order valence-corrected chi connectivity index (χ3v) is 6.76. The highest BCUT2D eigenvalue weighted by Crippen LogP contribution is 2.29. The van der Waals surface area contributed by atoms with E-state index in [0.29, 0.717) is 0 Å². The van der Waals surface area contributed by atoms with E-state index in [4.69, 9.17) is 4.74 Å². The van der Waals surface area contributed by atoms with Crippen molar-refractivity contribution < 1.29 is 35.9 Å². The molecule has 2 aromatic carbocycles. The maximum atomic E-state index is 12.7. The number of nitrogens with zero attached hydrogens (tertiary/aromatic N) is 1. The third-order valence-electron chi connectivity index (χ3n) is 5.31. The van der Waals surface area contributed by atoms with Gasteiger partial charge in [0.2, 0.25) is 15.9 Å². The van der Waals surface area contributed by atoms with Gasteiger partial charge in [0, 0.05) is 12.3 Å². The Morgan fingerprint density at radius 1 is 0.972 bits per heavy atom. The number of methoxy groups -OCH3 is 1. The predicted molar refractivity (Wildman–Crippen MR) is 126 cm³/mol. The number of halogens is 3. The molecular formula is C25H25F3N2O5S. The zero-order chi connectivity index (χ0) is 26.5. The SMILES string of the molecule is COC(=O)C(NS(=O)(=O)c1ccc(-c2ccc(COc3ccc(C(F)(F)F)cn3)cc2)cc1)C(C)C. The molecule has 3 rings (SSSR count). The van der Waals surface area contributed by atoms with Crippen molar-refractivity contribution >= 4 is 16.0 Å². The Balaban J connectivity index is 1.65. The van der Waals surface area contributed by atoms with E-state index < -0.39 is 33.8 Å². The summed E-state index contributed by atoms with van der Waals surface area (Å²) in [6, 6.07) is 14.4. The van der Waals surface area contributed by atoms with Crippen molar-refractivity contribution in [1.82, 2.24) is 9.71 Å². The molecule has 36 heavy (non-hydrogen) atoms. The molecule has 0 bridgehead atoms. The van der Waals surface area contributed by atoms with Gasteiger partial charge in [-0.1, -0.05) is 50.2 Å². The number of sulfonamides is 1. The van der Waals surface area contributed by atoms with Gasteiger partial charge >= 0.3 is 12.1 Å². The van der Waals surface area contributed by atoms with Crippen molar-refractivity contribution in [1.29, 1.82) is 0 Å². The number of nitrogens with one attached hydrogen (secondary N) is 1. The average Bonchev–Trinajstić information content (AvgIpc) is 2.85. The van der Waals surface area contributed by atoms with E-state index in [9.17, 15) is 26.4 Å². The van der Waals surface area contributed by atoms with Crippen LogP contribution in [0.25, 0.3) is 11.1 Å². The Hall–Kier alpha value is -3.44. The molecule has 0 saturated carbocycles. The molecule has 3 aromatic rings. The standard InChI is InChI=1S/C25H25F3N2O5S/c1-16(2)23(24(31)34-3)30-36(32,33)21-11-8-19(9-12-21)18-6-4-17(5-7-18)15-35-22-13-10-20(14-29-22)25(26,27)28/h4-14,16,23,30H,15H2,1-3H3. The van der Waals surface area contributed by atoms with Gasteiger partial charge in [0.15, 0.2) is 0 Å². The van der Waals surface area contributed by atoms with Gasteiger partial charge < -0.3 is 9.47 Å². The van der Waals surface area contributed by atoms with Crippen LogP contribution in [-0.4, -0.2) is 32.5 Å². The molecule has 192 valence electrons. The number of benzene rings is 2. The van der Waals surface area contributed by atoms with Gasteiger partial charge in [0.1, 0.15) is 12.6 Å². The molecule has 0 amide bonds. The minimum absolute atomic E-state index is 0.00913. The second-order valence-corrected chi connectivity index (χ2v) is 9.97. The number of hydrogen-bond acceptors (Lipinski definition) is 6. The van der Waals surface area contributed by atoms with E-state index >= 15 is 0 Å². The lowest BCUT2D eigenvalue weighted by Gasteiger charge is -2.19. The first-order chi connectivity index (χ1) is 16.9. The van der Waals surface area contributed by atoms with Crippen LogP contribution < -0.4 is 9.46 Å². The van der Waals surface area contributed by atoms with E-state index in [1.54, 1.807) is 38.1 Å². The van der Waals surface area contributed by atoms with Crippen molar-refractivity contribution in [3.63, 3.8) is 0 Å². The molecule has 0 aliphatic carbocycles. The zero-order valence-corrected chi connectivity index (χ0v) is 20.6. The lowest BCUT2D eigenvalue weighted by molar-refractivity contribution is -0.143. The Kier molecular flexibility index (Phi) is 8.36. The van der Waals surface area contributed by atoms with E-state index in [0.717, 1.165) is 35.0 Å². The summed E-state index contributed by atoms with van der Waals surface area (Å²) in [5.41, 5.74) is 1.50. The molecule has 1 aromatic heterocycles. The van der Waals surface area contributed by atoms with Gasteiger partial charge in [-0.2, -0.15) is 17.9 Å². The normalized spacial score (nSPS) is 12.9. The topological polar surface area (TPSA) is 94.6 Å². The number of ether oxygens (including phenoxy) is 2. The lowest BCUT2D eigenvalue weighted by atomic mass is 10.0. The Bertz CT molecular complexity index is 1280. The molecule has 0 aliphatic heterocycles. The predicted octanol–water partition coefficient (Wildman–Crippen LogP) is 4.82. The number of pyridine rings is 1. The maximum absolute atomic E-state index is 12.7. The summed E-state index contributed by atoms with van der Waals surface area (Å²) in [7, 11) is -2.75. The van der Waals surface area contributed by atoms with Crippen molar-refractivity contribution in [2.75, 3.05) is 7.11 Å². The molecule has 7 nitrogen and oxygen atoms in total. The number of alkyl halides is 3. The summed E-state index contributed by atoms with van der Waals surface area (Å²) in [5, 5.41) is 0.